The lowest BCUT2D eigenvalue weighted by molar-refractivity contribution is -0.161. The topological polar surface area (TPSA) is 78.9 Å². The smallest absolute Gasteiger partial charge is 0.306 e. The Hall–Kier alpha value is -3.15. The van der Waals surface area contributed by atoms with E-state index in [-0.39, 0.29) is 31.1 Å². The van der Waals surface area contributed by atoms with Gasteiger partial charge in [-0.3, -0.25) is 14.4 Å². The van der Waals surface area contributed by atoms with Crippen LogP contribution in [0.3, 0.4) is 0 Å². The van der Waals surface area contributed by atoms with Crippen LogP contribution in [-0.4, -0.2) is 37.2 Å². The van der Waals surface area contributed by atoms with Crippen molar-refractivity contribution < 1.29 is 28.6 Å². The van der Waals surface area contributed by atoms with Crippen molar-refractivity contribution in [2.75, 3.05) is 13.2 Å². The van der Waals surface area contributed by atoms with Crippen molar-refractivity contribution in [3.8, 4) is 0 Å². The second-order valence-corrected chi connectivity index (χ2v) is 17.7. The third-order valence-corrected chi connectivity index (χ3v) is 11.4. The zero-order valence-corrected chi connectivity index (χ0v) is 42.0. The Morgan fingerprint density at radius 3 is 1.14 bits per heavy atom. The van der Waals surface area contributed by atoms with Crippen LogP contribution in [0.4, 0.5) is 0 Å². The van der Waals surface area contributed by atoms with Gasteiger partial charge in [0.05, 0.1) is 6.61 Å². The van der Waals surface area contributed by atoms with Gasteiger partial charge in [0.15, 0.2) is 0 Å². The van der Waals surface area contributed by atoms with Crippen LogP contribution in [0, 0.1) is 0 Å². The molecule has 0 heterocycles. The van der Waals surface area contributed by atoms with Crippen molar-refractivity contribution in [1.82, 2.24) is 0 Å². The first-order valence-electron chi connectivity index (χ1n) is 26.9. The predicted octanol–water partition coefficient (Wildman–Crippen LogP) is 17.8. The normalized spacial score (nSPS) is 12.6. The summed E-state index contributed by atoms with van der Waals surface area (Å²) in [6.45, 7) is 6.79. The lowest BCUT2D eigenvalue weighted by Gasteiger charge is -2.18. The highest BCUT2D eigenvalue weighted by Gasteiger charge is 2.18. The van der Waals surface area contributed by atoms with E-state index in [1.807, 2.05) is 0 Å². The van der Waals surface area contributed by atoms with Crippen molar-refractivity contribution in [3.05, 3.63) is 72.9 Å². The fourth-order valence-electron chi connectivity index (χ4n) is 7.36. The molecule has 1 unspecified atom stereocenters. The van der Waals surface area contributed by atoms with E-state index in [1.165, 1.54) is 96.3 Å². The van der Waals surface area contributed by atoms with Gasteiger partial charge in [0.2, 0.25) is 0 Å². The molecule has 0 N–H and O–H groups in total. The molecule has 0 fully saturated rings. The summed E-state index contributed by atoms with van der Waals surface area (Å²) in [6, 6.07) is 0. The molecule has 1 atom stereocenters. The monoisotopic (exact) mass is 893 g/mol. The molecular formula is C58H100O6. The SMILES string of the molecule is CC/C=C\C/C=C\C/C=C\CCCCCCCC(=O)OCCC(COC(=O)CCCCCCC/C=C\CCCCCCCC)OC(=O)CCCCCCC/C=C\C/C=C\CCCCC. The molecule has 0 spiro atoms. The number of hydrogen-bond donors (Lipinski definition) is 0. The standard InChI is InChI=1S/C58H100O6/c1-4-7-10-13-16-19-22-25-28-31-34-37-40-43-46-49-56(59)62-53-52-55(64-58(61)51-48-45-42-39-36-33-30-27-24-21-18-15-12-9-6-3)54-63-57(60)50-47-44-41-38-35-32-29-26-23-20-17-14-11-8-5-2/h7,10,16,18-19,21,25-30,55H,4-6,8-9,11-15,17,20,22-24,31-54H2,1-3H3/b10-7-,19-16-,21-18-,28-25-,29-26-,30-27-. The molecule has 6 heteroatoms. The Labute approximate surface area is 395 Å². The van der Waals surface area contributed by atoms with Gasteiger partial charge in [-0.15, -0.1) is 0 Å². The van der Waals surface area contributed by atoms with Gasteiger partial charge in [-0.05, 0) is 109 Å². The molecule has 368 valence electrons. The molecule has 0 rings (SSSR count). The van der Waals surface area contributed by atoms with E-state index in [0.29, 0.717) is 25.7 Å². The van der Waals surface area contributed by atoms with Gasteiger partial charge in [-0.1, -0.05) is 196 Å². The summed E-state index contributed by atoms with van der Waals surface area (Å²) in [7, 11) is 0. The summed E-state index contributed by atoms with van der Waals surface area (Å²) in [6.07, 6.45) is 65.5. The highest BCUT2D eigenvalue weighted by molar-refractivity contribution is 5.70. The van der Waals surface area contributed by atoms with Crippen LogP contribution in [0.25, 0.3) is 0 Å². The fourth-order valence-corrected chi connectivity index (χ4v) is 7.36. The minimum absolute atomic E-state index is 0.00209. The summed E-state index contributed by atoms with van der Waals surface area (Å²) in [5.41, 5.74) is 0. The van der Waals surface area contributed by atoms with Gasteiger partial charge in [0.25, 0.3) is 0 Å². The van der Waals surface area contributed by atoms with E-state index < -0.39 is 6.10 Å². The van der Waals surface area contributed by atoms with E-state index in [2.05, 4.69) is 93.7 Å². The van der Waals surface area contributed by atoms with E-state index in [9.17, 15) is 14.4 Å². The zero-order chi connectivity index (χ0) is 46.5. The van der Waals surface area contributed by atoms with Gasteiger partial charge in [-0.25, -0.2) is 0 Å². The third-order valence-electron chi connectivity index (χ3n) is 11.4. The summed E-state index contributed by atoms with van der Waals surface area (Å²) in [5.74, 6) is -0.765. The first kappa shape index (κ1) is 60.9. The Kier molecular flexibility index (Phi) is 49.9. The van der Waals surface area contributed by atoms with Crippen LogP contribution in [0.5, 0.6) is 0 Å². The Morgan fingerprint density at radius 2 is 0.688 bits per heavy atom. The third kappa shape index (κ3) is 49.9. The summed E-state index contributed by atoms with van der Waals surface area (Å²) in [4.78, 5) is 37.9. The van der Waals surface area contributed by atoms with Crippen molar-refractivity contribution >= 4 is 17.9 Å². The van der Waals surface area contributed by atoms with Crippen molar-refractivity contribution in [2.45, 2.75) is 264 Å². The number of ether oxygens (including phenoxy) is 3. The van der Waals surface area contributed by atoms with Crippen molar-refractivity contribution in [2.24, 2.45) is 0 Å². The minimum Gasteiger partial charge on any atom is -0.466 e. The molecule has 0 aliphatic carbocycles. The largest absolute Gasteiger partial charge is 0.466 e. The highest BCUT2D eigenvalue weighted by Crippen LogP contribution is 2.14. The Morgan fingerprint density at radius 1 is 0.359 bits per heavy atom. The van der Waals surface area contributed by atoms with Gasteiger partial charge >= 0.3 is 17.9 Å². The molecule has 0 saturated heterocycles. The quantitative estimate of drug-likeness (QED) is 0.0262. The van der Waals surface area contributed by atoms with E-state index in [1.54, 1.807) is 0 Å². The van der Waals surface area contributed by atoms with Gasteiger partial charge in [-0.2, -0.15) is 0 Å². The molecule has 0 aliphatic rings. The molecule has 0 bridgehead atoms. The lowest BCUT2D eigenvalue weighted by atomic mass is 10.1. The fraction of sp³-hybridized carbons (Fsp3) is 0.741. The molecule has 0 radical (unpaired) electrons. The van der Waals surface area contributed by atoms with Crippen LogP contribution < -0.4 is 0 Å². The van der Waals surface area contributed by atoms with Crippen molar-refractivity contribution in [3.63, 3.8) is 0 Å². The number of unbranched alkanes of at least 4 members (excludes halogenated alkanes) is 24. The maximum Gasteiger partial charge on any atom is 0.306 e. The molecular weight excluding hydrogens is 793 g/mol. The number of hydrogen-bond acceptors (Lipinski definition) is 6. The van der Waals surface area contributed by atoms with Crippen molar-refractivity contribution in [1.29, 1.82) is 0 Å². The molecule has 64 heavy (non-hydrogen) atoms. The van der Waals surface area contributed by atoms with Gasteiger partial charge in [0.1, 0.15) is 12.7 Å². The second kappa shape index (κ2) is 52.5. The maximum absolute atomic E-state index is 12.8. The molecule has 6 nitrogen and oxygen atoms in total. The Bertz CT molecular complexity index is 1210. The Balaban J connectivity index is 4.43. The van der Waals surface area contributed by atoms with Gasteiger partial charge < -0.3 is 14.2 Å². The molecule has 0 saturated carbocycles. The zero-order valence-electron chi connectivity index (χ0n) is 42.0. The number of carbonyl (C=O) groups is 3. The van der Waals surface area contributed by atoms with E-state index in [4.69, 9.17) is 14.2 Å². The van der Waals surface area contributed by atoms with Crippen LogP contribution >= 0.6 is 0 Å². The lowest BCUT2D eigenvalue weighted by Crippen LogP contribution is -2.27. The number of allylic oxidation sites excluding steroid dienone is 12. The molecule has 0 aromatic heterocycles. The molecule has 0 aromatic rings. The van der Waals surface area contributed by atoms with Gasteiger partial charge in [0, 0.05) is 25.7 Å². The average molecular weight is 893 g/mol. The molecule has 0 aromatic carbocycles. The first-order chi connectivity index (χ1) is 31.5. The number of carbonyl (C=O) groups excluding carboxylic acids is 3. The summed E-state index contributed by atoms with van der Waals surface area (Å²) in [5, 5.41) is 0. The average Bonchev–Trinajstić information content (AvgIpc) is 3.29. The first-order valence-corrected chi connectivity index (χ1v) is 26.9. The van der Waals surface area contributed by atoms with Crippen LogP contribution in [-0.2, 0) is 28.6 Å². The molecule has 0 aliphatic heterocycles. The summed E-state index contributed by atoms with van der Waals surface area (Å²) >= 11 is 0. The van der Waals surface area contributed by atoms with Crippen LogP contribution in [0.1, 0.15) is 258 Å². The predicted molar refractivity (Wildman–Crippen MR) is 274 cm³/mol. The van der Waals surface area contributed by atoms with E-state index in [0.717, 1.165) is 116 Å². The number of rotatable bonds is 48. The highest BCUT2D eigenvalue weighted by atomic mass is 16.6. The minimum atomic E-state index is -0.621. The van der Waals surface area contributed by atoms with E-state index >= 15 is 0 Å². The number of esters is 3. The molecule has 0 amide bonds. The van der Waals surface area contributed by atoms with Crippen LogP contribution in [0.2, 0.25) is 0 Å². The summed E-state index contributed by atoms with van der Waals surface area (Å²) < 4.78 is 16.9. The maximum atomic E-state index is 12.8. The van der Waals surface area contributed by atoms with Crippen LogP contribution in [0.15, 0.2) is 72.9 Å². The second-order valence-electron chi connectivity index (χ2n) is 17.7.